The number of hydrogen-bond donors (Lipinski definition) is 3. The van der Waals surface area contributed by atoms with Crippen molar-refractivity contribution in [1.29, 1.82) is 0 Å². The molecular formula is C32H29N7O3. The van der Waals surface area contributed by atoms with E-state index in [9.17, 15) is 4.79 Å². The fourth-order valence-electron chi connectivity index (χ4n) is 4.60. The van der Waals surface area contributed by atoms with Gasteiger partial charge in [0.25, 0.3) is 5.91 Å². The number of amides is 1. The second-order valence-corrected chi connectivity index (χ2v) is 9.38. The zero-order valence-electron chi connectivity index (χ0n) is 23.2. The maximum atomic E-state index is 13.2. The Bertz CT molecular complexity index is 1830. The van der Waals surface area contributed by atoms with Gasteiger partial charge < -0.3 is 24.5 Å². The minimum absolute atomic E-state index is 0.215. The summed E-state index contributed by atoms with van der Waals surface area (Å²) in [5, 5.41) is 13.1. The lowest BCUT2D eigenvalue weighted by atomic mass is 10.1. The van der Waals surface area contributed by atoms with Gasteiger partial charge in [-0.3, -0.25) is 9.89 Å². The molecule has 1 amide bonds. The van der Waals surface area contributed by atoms with E-state index in [-0.39, 0.29) is 5.91 Å². The number of carbonyl (C=O) groups is 1. The number of carbonyl (C=O) groups excluding carboxylic acids is 1. The smallest absolute Gasteiger partial charge is 0.255 e. The van der Waals surface area contributed by atoms with Gasteiger partial charge >= 0.3 is 0 Å². The van der Waals surface area contributed by atoms with E-state index in [1.165, 1.54) is 0 Å². The van der Waals surface area contributed by atoms with E-state index in [2.05, 4.69) is 25.8 Å². The van der Waals surface area contributed by atoms with E-state index in [1.54, 1.807) is 18.5 Å². The molecule has 0 unspecified atom stereocenters. The molecule has 10 heteroatoms. The van der Waals surface area contributed by atoms with Crippen LogP contribution in [0.2, 0.25) is 0 Å². The molecule has 3 aromatic carbocycles. The molecule has 0 aliphatic heterocycles. The summed E-state index contributed by atoms with van der Waals surface area (Å²) in [6.07, 6.45) is 9.05. The lowest BCUT2D eigenvalue weighted by molar-refractivity contribution is 0.102. The van der Waals surface area contributed by atoms with Crippen molar-refractivity contribution in [2.75, 3.05) is 23.8 Å². The number of hydrogen-bond acceptors (Lipinski definition) is 7. The Kier molecular flexibility index (Phi) is 7.50. The maximum absolute atomic E-state index is 13.2. The fourth-order valence-corrected chi connectivity index (χ4v) is 4.60. The SMILES string of the molecule is CCOc1ccc(Nc2nc(-c3cccc(C(=O)Nc4ccc(-c5cn[nH]c5)cc4)c3)cn3ccnc23)cc1OCC. The van der Waals surface area contributed by atoms with Crippen LogP contribution in [0.1, 0.15) is 24.2 Å². The molecule has 6 aromatic rings. The first kappa shape index (κ1) is 26.6. The number of fused-ring (bicyclic) bond motifs is 1. The molecule has 3 N–H and O–H groups in total. The van der Waals surface area contributed by atoms with Crippen molar-refractivity contribution in [1.82, 2.24) is 24.6 Å². The number of aromatic amines is 1. The number of benzene rings is 3. The van der Waals surface area contributed by atoms with Gasteiger partial charge in [0.2, 0.25) is 0 Å². The zero-order chi connectivity index (χ0) is 28.9. The quantitative estimate of drug-likeness (QED) is 0.173. The number of rotatable bonds is 10. The third-order valence-corrected chi connectivity index (χ3v) is 6.58. The van der Waals surface area contributed by atoms with Crippen molar-refractivity contribution in [3.8, 4) is 33.9 Å². The van der Waals surface area contributed by atoms with Crippen LogP contribution in [-0.2, 0) is 0 Å². The van der Waals surface area contributed by atoms with E-state index in [1.807, 2.05) is 97.5 Å². The van der Waals surface area contributed by atoms with Crippen LogP contribution in [0.4, 0.5) is 17.2 Å². The summed E-state index contributed by atoms with van der Waals surface area (Å²) in [4.78, 5) is 22.5. The summed E-state index contributed by atoms with van der Waals surface area (Å²) < 4.78 is 13.4. The predicted octanol–water partition coefficient (Wildman–Crippen LogP) is 6.58. The fraction of sp³-hybridized carbons (Fsp3) is 0.125. The van der Waals surface area contributed by atoms with Gasteiger partial charge in [-0.25, -0.2) is 9.97 Å². The Morgan fingerprint density at radius 1 is 0.905 bits per heavy atom. The lowest BCUT2D eigenvalue weighted by Crippen LogP contribution is -2.11. The van der Waals surface area contributed by atoms with Gasteiger partial charge in [0.15, 0.2) is 23.0 Å². The number of imidazole rings is 1. The molecule has 0 fully saturated rings. The first-order valence-corrected chi connectivity index (χ1v) is 13.6. The van der Waals surface area contributed by atoms with Crippen molar-refractivity contribution in [2.24, 2.45) is 0 Å². The van der Waals surface area contributed by atoms with E-state index in [0.29, 0.717) is 53.1 Å². The van der Waals surface area contributed by atoms with E-state index < -0.39 is 0 Å². The molecule has 0 aliphatic carbocycles. The summed E-state index contributed by atoms with van der Waals surface area (Å²) >= 11 is 0. The average molecular weight is 560 g/mol. The van der Waals surface area contributed by atoms with Gasteiger partial charge in [-0.1, -0.05) is 24.3 Å². The van der Waals surface area contributed by atoms with Crippen molar-refractivity contribution >= 4 is 28.7 Å². The van der Waals surface area contributed by atoms with Crippen molar-refractivity contribution in [2.45, 2.75) is 13.8 Å². The monoisotopic (exact) mass is 559 g/mol. The molecule has 0 saturated heterocycles. The molecule has 42 heavy (non-hydrogen) atoms. The first-order valence-electron chi connectivity index (χ1n) is 13.6. The molecule has 0 aliphatic rings. The van der Waals surface area contributed by atoms with Crippen molar-refractivity contribution in [3.05, 3.63) is 103 Å². The minimum Gasteiger partial charge on any atom is -0.490 e. The van der Waals surface area contributed by atoms with Gasteiger partial charge in [0.05, 0.1) is 25.1 Å². The van der Waals surface area contributed by atoms with Crippen LogP contribution in [0, 0.1) is 0 Å². The highest BCUT2D eigenvalue weighted by atomic mass is 16.5. The van der Waals surface area contributed by atoms with Gasteiger partial charge in [-0.2, -0.15) is 5.10 Å². The molecule has 0 spiro atoms. The Morgan fingerprint density at radius 3 is 2.50 bits per heavy atom. The van der Waals surface area contributed by atoms with Crippen molar-refractivity contribution < 1.29 is 14.3 Å². The van der Waals surface area contributed by atoms with Crippen LogP contribution in [0.5, 0.6) is 11.5 Å². The summed E-state index contributed by atoms with van der Waals surface area (Å²) in [5.74, 6) is 1.68. The van der Waals surface area contributed by atoms with Crippen LogP contribution < -0.4 is 20.1 Å². The summed E-state index contributed by atoms with van der Waals surface area (Å²) in [6, 6.07) is 20.7. The summed E-state index contributed by atoms with van der Waals surface area (Å²) in [5.41, 5.74) is 6.12. The molecule has 3 heterocycles. The van der Waals surface area contributed by atoms with Gasteiger partial charge in [-0.05, 0) is 55.8 Å². The van der Waals surface area contributed by atoms with E-state index >= 15 is 0 Å². The Morgan fingerprint density at radius 2 is 1.71 bits per heavy atom. The number of ether oxygens (including phenoxy) is 2. The number of nitrogens with zero attached hydrogens (tertiary/aromatic N) is 4. The topological polar surface area (TPSA) is 118 Å². The highest BCUT2D eigenvalue weighted by Gasteiger charge is 2.14. The summed E-state index contributed by atoms with van der Waals surface area (Å²) in [6.45, 7) is 4.93. The number of aromatic nitrogens is 5. The minimum atomic E-state index is -0.215. The predicted molar refractivity (Wildman–Crippen MR) is 162 cm³/mol. The molecular weight excluding hydrogens is 530 g/mol. The van der Waals surface area contributed by atoms with Crippen LogP contribution in [0.25, 0.3) is 28.0 Å². The number of nitrogens with one attached hydrogen (secondary N) is 3. The van der Waals surface area contributed by atoms with Gasteiger partial charge in [0, 0.05) is 58.9 Å². The molecule has 3 aromatic heterocycles. The molecule has 0 atom stereocenters. The maximum Gasteiger partial charge on any atom is 0.255 e. The van der Waals surface area contributed by atoms with Crippen LogP contribution >= 0.6 is 0 Å². The number of H-pyrrole nitrogens is 1. The molecule has 10 nitrogen and oxygen atoms in total. The normalized spacial score (nSPS) is 10.9. The first-order chi connectivity index (χ1) is 20.6. The highest BCUT2D eigenvalue weighted by Crippen LogP contribution is 2.33. The third-order valence-electron chi connectivity index (χ3n) is 6.58. The largest absolute Gasteiger partial charge is 0.490 e. The zero-order valence-corrected chi connectivity index (χ0v) is 23.2. The van der Waals surface area contributed by atoms with Crippen LogP contribution in [0.15, 0.2) is 97.7 Å². The van der Waals surface area contributed by atoms with E-state index in [4.69, 9.17) is 14.5 Å². The lowest BCUT2D eigenvalue weighted by Gasteiger charge is -2.14. The second-order valence-electron chi connectivity index (χ2n) is 9.38. The Balaban J connectivity index is 1.25. The summed E-state index contributed by atoms with van der Waals surface area (Å²) in [7, 11) is 0. The third kappa shape index (κ3) is 5.64. The molecule has 0 bridgehead atoms. The van der Waals surface area contributed by atoms with E-state index in [0.717, 1.165) is 22.4 Å². The molecule has 0 saturated carbocycles. The van der Waals surface area contributed by atoms with Crippen LogP contribution in [-0.4, -0.2) is 43.7 Å². The Labute approximate surface area is 242 Å². The van der Waals surface area contributed by atoms with Gasteiger partial charge in [-0.15, -0.1) is 0 Å². The van der Waals surface area contributed by atoms with Gasteiger partial charge in [0.1, 0.15) is 0 Å². The molecule has 0 radical (unpaired) electrons. The second kappa shape index (κ2) is 11.8. The number of anilines is 3. The highest BCUT2D eigenvalue weighted by molar-refractivity contribution is 6.05. The van der Waals surface area contributed by atoms with Crippen molar-refractivity contribution in [3.63, 3.8) is 0 Å². The Hall–Kier alpha value is -5.64. The standard InChI is InChI=1S/C32H29N7O3/c1-3-41-28-13-12-26(17-29(28)42-4-2)36-30-31-33-14-15-39(31)20-27(38-30)22-6-5-7-23(16-22)32(40)37-25-10-8-21(9-11-25)24-18-34-35-19-24/h5-20H,3-4H2,1-2H3,(H,34,35)(H,36,38)(H,37,40). The van der Waals surface area contributed by atoms with Crippen LogP contribution in [0.3, 0.4) is 0 Å². The molecule has 210 valence electrons. The molecule has 6 rings (SSSR count). The average Bonchev–Trinajstić information content (AvgIpc) is 3.72.